The van der Waals surface area contributed by atoms with Crippen molar-refractivity contribution in [1.82, 2.24) is 4.90 Å². The van der Waals surface area contributed by atoms with E-state index in [-0.39, 0.29) is 11.8 Å². The molecule has 5 heteroatoms. The number of aliphatic hydroxyl groups is 1. The molecule has 0 aromatic heterocycles. The number of hydrogen-bond donors (Lipinski definition) is 1. The van der Waals surface area contributed by atoms with Crippen molar-refractivity contribution in [2.45, 2.75) is 18.9 Å². The predicted octanol–water partition coefficient (Wildman–Crippen LogP) is 1.82. The van der Waals surface area contributed by atoms with E-state index in [1.165, 1.54) is 4.90 Å². The van der Waals surface area contributed by atoms with Gasteiger partial charge in [0.2, 0.25) is 0 Å². The smallest absolute Gasteiger partial charge is 0.261 e. The molecule has 0 spiro atoms. The van der Waals surface area contributed by atoms with Crippen molar-refractivity contribution in [3.63, 3.8) is 0 Å². The number of benzene rings is 1. The molecule has 0 aliphatic carbocycles. The standard InChI is InChI=1S/C13H14BrNO3/c14-8-9(16)4-3-7-15-12(17)10-5-1-2-6-11(10)13(15)18/h1-2,5-6,9,16H,3-4,7-8H2/t9-/m1/s1. The van der Waals surface area contributed by atoms with Gasteiger partial charge >= 0.3 is 0 Å². The molecule has 1 heterocycles. The highest BCUT2D eigenvalue weighted by atomic mass is 79.9. The van der Waals surface area contributed by atoms with E-state index in [2.05, 4.69) is 15.9 Å². The van der Waals surface area contributed by atoms with Crippen LogP contribution in [0, 0.1) is 0 Å². The fourth-order valence-electron chi connectivity index (χ4n) is 2.00. The topological polar surface area (TPSA) is 57.6 Å². The second-order valence-electron chi connectivity index (χ2n) is 4.26. The lowest BCUT2D eigenvalue weighted by atomic mass is 10.1. The highest BCUT2D eigenvalue weighted by Crippen LogP contribution is 2.22. The SMILES string of the molecule is O=C1c2ccccc2C(=O)N1CCC[C@@H](O)CBr. The van der Waals surface area contributed by atoms with E-state index in [0.717, 1.165) is 0 Å². The quantitative estimate of drug-likeness (QED) is 0.666. The van der Waals surface area contributed by atoms with Gasteiger partial charge in [-0.2, -0.15) is 0 Å². The van der Waals surface area contributed by atoms with E-state index >= 15 is 0 Å². The van der Waals surface area contributed by atoms with Crippen LogP contribution in [0.25, 0.3) is 0 Å². The Balaban J connectivity index is 2.01. The third-order valence-corrected chi connectivity index (χ3v) is 3.72. The van der Waals surface area contributed by atoms with Gasteiger partial charge in [-0.05, 0) is 25.0 Å². The average molecular weight is 312 g/mol. The fourth-order valence-corrected chi connectivity index (χ4v) is 2.33. The van der Waals surface area contributed by atoms with Crippen LogP contribution in [0.15, 0.2) is 24.3 Å². The summed E-state index contributed by atoms with van der Waals surface area (Å²) in [6.07, 6.45) is 0.747. The lowest BCUT2D eigenvalue weighted by molar-refractivity contribution is 0.0643. The summed E-state index contributed by atoms with van der Waals surface area (Å²) in [6.45, 7) is 0.358. The van der Waals surface area contributed by atoms with Crippen molar-refractivity contribution >= 4 is 27.7 Å². The molecule has 1 aliphatic heterocycles. The Kier molecular flexibility index (Phi) is 4.14. The molecule has 0 fully saturated rings. The van der Waals surface area contributed by atoms with Crippen LogP contribution in [0.5, 0.6) is 0 Å². The van der Waals surface area contributed by atoms with Gasteiger partial charge in [0.25, 0.3) is 11.8 Å². The summed E-state index contributed by atoms with van der Waals surface area (Å²) in [5, 5.41) is 9.91. The zero-order valence-corrected chi connectivity index (χ0v) is 11.4. The minimum Gasteiger partial charge on any atom is -0.392 e. The number of amides is 2. The Morgan fingerprint density at radius 1 is 1.17 bits per heavy atom. The van der Waals surface area contributed by atoms with E-state index in [4.69, 9.17) is 0 Å². The zero-order valence-electron chi connectivity index (χ0n) is 9.80. The van der Waals surface area contributed by atoms with Gasteiger partial charge in [0.15, 0.2) is 0 Å². The van der Waals surface area contributed by atoms with Gasteiger partial charge in [0.05, 0.1) is 17.2 Å². The Bertz CT molecular complexity index is 440. The van der Waals surface area contributed by atoms with E-state index < -0.39 is 6.10 Å². The largest absolute Gasteiger partial charge is 0.392 e. The summed E-state index contributed by atoms with van der Waals surface area (Å²) in [4.78, 5) is 25.2. The normalized spacial score (nSPS) is 16.0. The molecule has 1 N–H and O–H groups in total. The van der Waals surface area contributed by atoms with E-state index in [1.807, 2.05) is 0 Å². The number of imide groups is 1. The third kappa shape index (κ3) is 2.47. The Morgan fingerprint density at radius 2 is 1.72 bits per heavy atom. The first-order valence-electron chi connectivity index (χ1n) is 5.84. The van der Waals surface area contributed by atoms with Crippen LogP contribution in [0.4, 0.5) is 0 Å². The molecule has 2 amide bonds. The lowest BCUT2D eigenvalue weighted by Crippen LogP contribution is -2.31. The van der Waals surface area contributed by atoms with Crippen LogP contribution in [0.1, 0.15) is 33.6 Å². The van der Waals surface area contributed by atoms with E-state index in [0.29, 0.717) is 35.8 Å². The van der Waals surface area contributed by atoms with Crippen LogP contribution in [0.3, 0.4) is 0 Å². The number of carbonyl (C=O) groups is 2. The summed E-state index contributed by atoms with van der Waals surface area (Å²) >= 11 is 3.18. The molecule has 2 rings (SSSR count). The summed E-state index contributed by atoms with van der Waals surface area (Å²) < 4.78 is 0. The van der Waals surface area contributed by atoms with Crippen molar-refractivity contribution in [2.75, 3.05) is 11.9 Å². The Hall–Kier alpha value is -1.20. The average Bonchev–Trinajstić information content (AvgIpc) is 2.64. The van der Waals surface area contributed by atoms with Gasteiger partial charge in [-0.25, -0.2) is 0 Å². The Labute approximate surface area is 114 Å². The van der Waals surface area contributed by atoms with E-state index in [9.17, 15) is 14.7 Å². The number of hydrogen-bond acceptors (Lipinski definition) is 3. The molecule has 18 heavy (non-hydrogen) atoms. The van der Waals surface area contributed by atoms with Crippen molar-refractivity contribution < 1.29 is 14.7 Å². The number of rotatable bonds is 5. The second-order valence-corrected chi connectivity index (χ2v) is 4.91. The minimum absolute atomic E-state index is 0.232. The fraction of sp³-hybridized carbons (Fsp3) is 0.385. The molecule has 0 radical (unpaired) electrons. The van der Waals surface area contributed by atoms with Crippen LogP contribution in [-0.2, 0) is 0 Å². The first kappa shape index (κ1) is 13.2. The van der Waals surface area contributed by atoms with Gasteiger partial charge in [-0.1, -0.05) is 28.1 Å². The molecule has 0 unspecified atom stereocenters. The summed E-state index contributed by atoms with van der Waals surface area (Å²) in [6, 6.07) is 6.84. The number of nitrogens with zero attached hydrogens (tertiary/aromatic N) is 1. The maximum Gasteiger partial charge on any atom is 0.261 e. The number of alkyl halides is 1. The predicted molar refractivity (Wildman–Crippen MR) is 70.8 cm³/mol. The van der Waals surface area contributed by atoms with Gasteiger partial charge in [-0.3, -0.25) is 14.5 Å². The number of halogens is 1. The van der Waals surface area contributed by atoms with Crippen LogP contribution < -0.4 is 0 Å². The first-order chi connectivity index (χ1) is 8.65. The van der Waals surface area contributed by atoms with Gasteiger partial charge in [-0.15, -0.1) is 0 Å². The zero-order chi connectivity index (χ0) is 13.1. The van der Waals surface area contributed by atoms with Crippen molar-refractivity contribution in [3.8, 4) is 0 Å². The molecule has 0 saturated heterocycles. The van der Waals surface area contributed by atoms with Crippen molar-refractivity contribution in [1.29, 1.82) is 0 Å². The molecule has 1 aromatic carbocycles. The van der Waals surface area contributed by atoms with Gasteiger partial charge in [0, 0.05) is 11.9 Å². The van der Waals surface area contributed by atoms with Gasteiger partial charge < -0.3 is 5.11 Å². The highest BCUT2D eigenvalue weighted by Gasteiger charge is 2.34. The highest BCUT2D eigenvalue weighted by molar-refractivity contribution is 9.09. The minimum atomic E-state index is -0.430. The monoisotopic (exact) mass is 311 g/mol. The summed E-state index contributed by atoms with van der Waals surface area (Å²) in [5.41, 5.74) is 0.951. The van der Waals surface area contributed by atoms with Gasteiger partial charge in [0.1, 0.15) is 0 Å². The molecular weight excluding hydrogens is 298 g/mol. The molecule has 96 valence electrons. The lowest BCUT2D eigenvalue weighted by Gasteiger charge is -2.14. The van der Waals surface area contributed by atoms with E-state index in [1.54, 1.807) is 24.3 Å². The van der Waals surface area contributed by atoms with Crippen molar-refractivity contribution in [2.24, 2.45) is 0 Å². The maximum atomic E-state index is 12.0. The molecule has 0 saturated carbocycles. The number of carbonyl (C=O) groups excluding carboxylic acids is 2. The molecule has 0 bridgehead atoms. The molecule has 1 aromatic rings. The Morgan fingerprint density at radius 3 is 2.22 bits per heavy atom. The molecule has 4 nitrogen and oxygen atoms in total. The van der Waals surface area contributed by atoms with Crippen LogP contribution >= 0.6 is 15.9 Å². The maximum absolute atomic E-state index is 12.0. The molecule has 1 atom stereocenters. The summed E-state index contributed by atoms with van der Waals surface area (Å²) in [5.74, 6) is -0.465. The van der Waals surface area contributed by atoms with Crippen LogP contribution in [-0.4, -0.2) is 39.8 Å². The van der Waals surface area contributed by atoms with Crippen LogP contribution in [0.2, 0.25) is 0 Å². The molecular formula is C13H14BrNO3. The summed E-state index contributed by atoms with van der Waals surface area (Å²) in [7, 11) is 0. The molecule has 1 aliphatic rings. The first-order valence-corrected chi connectivity index (χ1v) is 6.96. The number of fused-ring (bicyclic) bond motifs is 1. The van der Waals surface area contributed by atoms with Crippen molar-refractivity contribution in [3.05, 3.63) is 35.4 Å². The number of aliphatic hydroxyl groups excluding tert-OH is 1. The third-order valence-electron chi connectivity index (χ3n) is 2.98. The second kappa shape index (κ2) is 5.63.